The fraction of sp³-hybridized carbons (Fsp3) is 0.455. The van der Waals surface area contributed by atoms with E-state index in [1.165, 1.54) is 0 Å². The third-order valence-corrected chi connectivity index (χ3v) is 3.12. The Bertz CT molecular complexity index is 363. The Morgan fingerprint density at radius 2 is 1.86 bits per heavy atom. The van der Waals surface area contributed by atoms with Gasteiger partial charge >= 0.3 is 0 Å². The monoisotopic (exact) mass is 192 g/mol. The lowest BCUT2D eigenvalue weighted by atomic mass is 9.88. The number of rotatable bonds is 1. The van der Waals surface area contributed by atoms with Crippen molar-refractivity contribution in [3.05, 3.63) is 35.4 Å². The van der Waals surface area contributed by atoms with Gasteiger partial charge in [-0.1, -0.05) is 24.3 Å². The van der Waals surface area contributed by atoms with E-state index in [0.717, 1.165) is 11.1 Å². The molecule has 2 heterocycles. The number of aliphatic hydroxyl groups excluding tert-OH is 1. The minimum Gasteiger partial charge on any atom is -0.387 e. The predicted molar refractivity (Wildman–Crippen MR) is 49.8 cm³/mol. The molecule has 0 saturated carbocycles. The predicted octanol–water partition coefficient (Wildman–Crippen LogP) is 1.19. The maximum Gasteiger partial charge on any atom is 0.116 e. The van der Waals surface area contributed by atoms with Crippen molar-refractivity contribution in [3.8, 4) is 0 Å². The van der Waals surface area contributed by atoms with Crippen molar-refractivity contribution in [2.45, 2.75) is 24.4 Å². The number of ether oxygens (including phenoxy) is 2. The summed E-state index contributed by atoms with van der Waals surface area (Å²) >= 11 is 0. The Morgan fingerprint density at radius 1 is 1.21 bits per heavy atom. The van der Waals surface area contributed by atoms with Gasteiger partial charge < -0.3 is 14.6 Å². The average Bonchev–Trinajstić information content (AvgIpc) is 2.74. The molecule has 0 spiro atoms. The van der Waals surface area contributed by atoms with E-state index in [4.69, 9.17) is 9.47 Å². The molecule has 3 nitrogen and oxygen atoms in total. The first-order valence-corrected chi connectivity index (χ1v) is 4.78. The average molecular weight is 192 g/mol. The summed E-state index contributed by atoms with van der Waals surface area (Å²) in [5.41, 5.74) is 2.27. The summed E-state index contributed by atoms with van der Waals surface area (Å²) < 4.78 is 10.9. The first-order chi connectivity index (χ1) is 6.83. The molecule has 0 unspecified atom stereocenters. The van der Waals surface area contributed by atoms with Crippen LogP contribution in [-0.2, 0) is 9.47 Å². The topological polar surface area (TPSA) is 38.7 Å². The second-order valence-electron chi connectivity index (χ2n) is 3.80. The number of benzene rings is 1. The Morgan fingerprint density at radius 3 is 2.50 bits per heavy atom. The SMILES string of the molecule is CO[C@H]1[C@@H](O)[C@@H]2O[C@H]1c1ccccc12. The Kier molecular flexibility index (Phi) is 1.68. The van der Waals surface area contributed by atoms with E-state index in [0.29, 0.717) is 0 Å². The Hall–Kier alpha value is -0.900. The molecule has 2 aliphatic heterocycles. The van der Waals surface area contributed by atoms with E-state index in [1.54, 1.807) is 7.11 Å². The second-order valence-corrected chi connectivity index (χ2v) is 3.80. The summed E-state index contributed by atoms with van der Waals surface area (Å²) in [6.45, 7) is 0. The molecular weight excluding hydrogens is 180 g/mol. The molecule has 2 bridgehead atoms. The zero-order valence-corrected chi connectivity index (χ0v) is 7.88. The fourth-order valence-corrected chi connectivity index (χ4v) is 2.47. The molecule has 3 rings (SSSR count). The van der Waals surface area contributed by atoms with Crippen molar-refractivity contribution in [2.75, 3.05) is 7.11 Å². The van der Waals surface area contributed by atoms with Gasteiger partial charge in [-0.2, -0.15) is 0 Å². The van der Waals surface area contributed by atoms with E-state index in [2.05, 4.69) is 0 Å². The third-order valence-electron chi connectivity index (χ3n) is 3.12. The van der Waals surface area contributed by atoms with E-state index in [9.17, 15) is 5.11 Å². The number of fused-ring (bicyclic) bond motifs is 5. The molecular formula is C11H12O3. The highest BCUT2D eigenvalue weighted by Gasteiger charge is 2.51. The van der Waals surface area contributed by atoms with Crippen LogP contribution in [0.1, 0.15) is 23.3 Å². The van der Waals surface area contributed by atoms with Crippen molar-refractivity contribution in [1.82, 2.24) is 0 Å². The summed E-state index contributed by atoms with van der Waals surface area (Å²) in [5.74, 6) is 0. The molecule has 1 aromatic carbocycles. The molecule has 1 N–H and O–H groups in total. The van der Waals surface area contributed by atoms with Gasteiger partial charge in [0.05, 0.1) is 0 Å². The minimum atomic E-state index is -0.528. The van der Waals surface area contributed by atoms with Crippen LogP contribution in [0.25, 0.3) is 0 Å². The van der Waals surface area contributed by atoms with Crippen LogP contribution in [-0.4, -0.2) is 24.4 Å². The first kappa shape index (κ1) is 8.41. The van der Waals surface area contributed by atoms with Gasteiger partial charge in [-0.15, -0.1) is 0 Å². The smallest absolute Gasteiger partial charge is 0.116 e. The van der Waals surface area contributed by atoms with Crippen LogP contribution in [0, 0.1) is 0 Å². The van der Waals surface area contributed by atoms with E-state index >= 15 is 0 Å². The number of aliphatic hydroxyl groups is 1. The lowest BCUT2D eigenvalue weighted by Gasteiger charge is -2.24. The molecule has 74 valence electrons. The van der Waals surface area contributed by atoms with Crippen molar-refractivity contribution in [1.29, 1.82) is 0 Å². The van der Waals surface area contributed by atoms with Crippen LogP contribution in [0.2, 0.25) is 0 Å². The number of hydrogen-bond acceptors (Lipinski definition) is 3. The lowest BCUT2D eigenvalue weighted by molar-refractivity contribution is -0.0121. The molecule has 1 saturated heterocycles. The largest absolute Gasteiger partial charge is 0.387 e. The molecule has 2 aliphatic rings. The lowest BCUT2D eigenvalue weighted by Crippen LogP contribution is -2.32. The van der Waals surface area contributed by atoms with Gasteiger partial charge in [0, 0.05) is 7.11 Å². The van der Waals surface area contributed by atoms with E-state index < -0.39 is 6.10 Å². The van der Waals surface area contributed by atoms with Crippen LogP contribution in [0.4, 0.5) is 0 Å². The minimum absolute atomic E-state index is 0.0869. The zero-order chi connectivity index (χ0) is 9.71. The Labute approximate surface area is 82.3 Å². The maximum atomic E-state index is 9.88. The van der Waals surface area contributed by atoms with Crippen molar-refractivity contribution >= 4 is 0 Å². The van der Waals surface area contributed by atoms with Gasteiger partial charge in [0.1, 0.15) is 24.4 Å². The van der Waals surface area contributed by atoms with Gasteiger partial charge in [-0.3, -0.25) is 0 Å². The van der Waals surface area contributed by atoms with Crippen LogP contribution in [0.3, 0.4) is 0 Å². The van der Waals surface area contributed by atoms with Crippen LogP contribution >= 0.6 is 0 Å². The van der Waals surface area contributed by atoms with E-state index in [-0.39, 0.29) is 18.3 Å². The van der Waals surface area contributed by atoms with Crippen LogP contribution in [0.5, 0.6) is 0 Å². The molecule has 3 heteroatoms. The maximum absolute atomic E-state index is 9.88. The van der Waals surface area contributed by atoms with Crippen molar-refractivity contribution in [3.63, 3.8) is 0 Å². The van der Waals surface area contributed by atoms with Crippen LogP contribution in [0.15, 0.2) is 24.3 Å². The van der Waals surface area contributed by atoms with Crippen molar-refractivity contribution in [2.24, 2.45) is 0 Å². The van der Waals surface area contributed by atoms with Crippen LogP contribution < -0.4 is 0 Å². The quantitative estimate of drug-likeness (QED) is 0.726. The normalized spacial score (nSPS) is 38.7. The van der Waals surface area contributed by atoms with Gasteiger partial charge in [-0.05, 0) is 11.1 Å². The fourth-order valence-electron chi connectivity index (χ4n) is 2.47. The number of methoxy groups -OCH3 is 1. The molecule has 1 aromatic rings. The van der Waals surface area contributed by atoms with Crippen molar-refractivity contribution < 1.29 is 14.6 Å². The summed E-state index contributed by atoms with van der Waals surface area (Å²) in [6.07, 6.45) is -1.02. The molecule has 1 fully saturated rings. The molecule has 0 radical (unpaired) electrons. The highest BCUT2D eigenvalue weighted by atomic mass is 16.6. The number of hydrogen-bond donors (Lipinski definition) is 1. The summed E-state index contributed by atoms with van der Waals surface area (Å²) in [7, 11) is 1.61. The zero-order valence-electron chi connectivity index (χ0n) is 7.88. The molecule has 4 atom stereocenters. The highest BCUT2D eigenvalue weighted by molar-refractivity contribution is 5.39. The summed E-state index contributed by atoms with van der Waals surface area (Å²) in [6, 6.07) is 8.01. The summed E-state index contributed by atoms with van der Waals surface area (Å²) in [5, 5.41) is 9.88. The second kappa shape index (κ2) is 2.79. The van der Waals surface area contributed by atoms with Gasteiger partial charge in [0.2, 0.25) is 0 Å². The molecule has 0 aliphatic carbocycles. The highest BCUT2D eigenvalue weighted by Crippen LogP contribution is 2.51. The van der Waals surface area contributed by atoms with Gasteiger partial charge in [-0.25, -0.2) is 0 Å². The third kappa shape index (κ3) is 0.869. The standard InChI is InChI=1S/C11H12O3/c1-13-11-8(12)9-6-4-2-3-5-7(6)10(11)14-9/h2-5,8-12H,1H3/t8-,9+,10-,11-/m0/s1. The molecule has 14 heavy (non-hydrogen) atoms. The van der Waals surface area contributed by atoms with Gasteiger partial charge in [0.25, 0.3) is 0 Å². The molecule has 0 amide bonds. The Balaban J connectivity index is 2.09. The van der Waals surface area contributed by atoms with Gasteiger partial charge in [0.15, 0.2) is 0 Å². The molecule has 0 aromatic heterocycles. The summed E-state index contributed by atoms with van der Waals surface area (Å²) in [4.78, 5) is 0. The first-order valence-electron chi connectivity index (χ1n) is 4.78. The van der Waals surface area contributed by atoms with E-state index in [1.807, 2.05) is 24.3 Å².